The Morgan fingerprint density at radius 2 is 1.75 bits per heavy atom. The Balaban J connectivity index is 1.82. The number of rotatable bonds is 10. The molecule has 3 aromatic rings. The zero-order valence-corrected chi connectivity index (χ0v) is 30.9. The second-order valence-electron chi connectivity index (χ2n) is 14.8. The molecule has 0 bridgehead atoms. The first kappa shape index (κ1) is 37.4. The fourth-order valence-corrected chi connectivity index (χ4v) is 7.53. The summed E-state index contributed by atoms with van der Waals surface area (Å²) in [6.07, 6.45) is -0.831. The summed E-state index contributed by atoms with van der Waals surface area (Å²) in [6, 6.07) is 12.4. The van der Waals surface area contributed by atoms with E-state index in [1.54, 1.807) is 33.0 Å². The summed E-state index contributed by atoms with van der Waals surface area (Å²) in [6.45, 7) is 15.3. The molecule has 48 heavy (non-hydrogen) atoms. The molecule has 0 spiro atoms. The van der Waals surface area contributed by atoms with Gasteiger partial charge in [0.1, 0.15) is 24.1 Å². The highest BCUT2D eigenvalue weighted by molar-refractivity contribution is 7.86. The molecule has 1 saturated heterocycles. The van der Waals surface area contributed by atoms with Gasteiger partial charge >= 0.3 is 12.2 Å². The highest BCUT2D eigenvalue weighted by Gasteiger charge is 2.54. The van der Waals surface area contributed by atoms with Gasteiger partial charge in [0.2, 0.25) is 0 Å². The van der Waals surface area contributed by atoms with E-state index in [0.717, 1.165) is 11.8 Å². The lowest BCUT2D eigenvalue weighted by atomic mass is 9.87. The Hall–Kier alpha value is -3.46. The quantitative estimate of drug-likeness (QED) is 0.176. The summed E-state index contributed by atoms with van der Waals surface area (Å²) in [5.41, 5.74) is 1.00. The topological polar surface area (TPSA) is 136 Å². The Kier molecular flexibility index (Phi) is 11.0. The number of nitrogens with zero attached hydrogens (tertiary/aromatic N) is 1. The van der Waals surface area contributed by atoms with Crippen molar-refractivity contribution in [1.29, 1.82) is 0 Å². The summed E-state index contributed by atoms with van der Waals surface area (Å²) in [5.74, 6) is -1.24. The summed E-state index contributed by atoms with van der Waals surface area (Å²) in [5, 5.41) is 3.18. The van der Waals surface area contributed by atoms with Gasteiger partial charge in [-0.25, -0.2) is 14.0 Å². The molecule has 264 valence electrons. The molecular formula is C34H48FN3O8SSi. The standard InChI is InChI=1S/C34H48FN3O8SSi/c1-33(2,3)44-32(40)38-20-28(46-48(8,9)34(4,5)6)30(45-47(7,41)42)29(38)26(25-18-36-27-17-23(35)15-16-24(25)27)19-37-31(39)43-21-22-13-11-10-12-14-22/h10-18,26,28-30,36H,19-21H2,1-9H3,(H,37,39). The third-order valence-electron chi connectivity index (χ3n) is 8.77. The predicted octanol–water partition coefficient (Wildman–Crippen LogP) is 6.67. The van der Waals surface area contributed by atoms with Gasteiger partial charge in [-0.2, -0.15) is 8.42 Å². The summed E-state index contributed by atoms with van der Waals surface area (Å²) in [7, 11) is -6.63. The van der Waals surface area contributed by atoms with Crippen LogP contribution in [0.15, 0.2) is 54.7 Å². The van der Waals surface area contributed by atoms with E-state index in [1.807, 2.05) is 43.4 Å². The number of nitrogens with one attached hydrogen (secondary N) is 2. The number of ether oxygens (including phenoxy) is 2. The van der Waals surface area contributed by atoms with Crippen LogP contribution in [0, 0.1) is 5.82 Å². The zero-order chi connectivity index (χ0) is 35.7. The molecule has 2 N–H and O–H groups in total. The minimum atomic E-state index is -4.08. The van der Waals surface area contributed by atoms with Gasteiger partial charge < -0.3 is 24.2 Å². The molecule has 1 fully saturated rings. The van der Waals surface area contributed by atoms with Crippen molar-refractivity contribution in [1.82, 2.24) is 15.2 Å². The number of carbonyl (C=O) groups excluding carboxylic acids is 2. The number of aromatic amines is 1. The van der Waals surface area contributed by atoms with Crippen LogP contribution < -0.4 is 5.32 Å². The van der Waals surface area contributed by atoms with Crippen LogP contribution in [0.5, 0.6) is 0 Å². The van der Waals surface area contributed by atoms with Crippen LogP contribution in [0.3, 0.4) is 0 Å². The number of fused-ring (bicyclic) bond motifs is 1. The molecule has 4 atom stereocenters. The average Bonchev–Trinajstić information content (AvgIpc) is 3.51. The molecule has 14 heteroatoms. The third kappa shape index (κ3) is 9.36. The van der Waals surface area contributed by atoms with Crippen molar-refractivity contribution < 1.29 is 40.5 Å². The molecule has 1 aliphatic heterocycles. The van der Waals surface area contributed by atoms with E-state index in [0.29, 0.717) is 16.5 Å². The number of alkyl carbamates (subject to hydrolysis) is 1. The lowest BCUT2D eigenvalue weighted by Crippen LogP contribution is -2.51. The lowest BCUT2D eigenvalue weighted by Gasteiger charge is -2.39. The number of amides is 2. The predicted molar refractivity (Wildman–Crippen MR) is 184 cm³/mol. The van der Waals surface area contributed by atoms with Gasteiger partial charge in [0.05, 0.1) is 24.9 Å². The second kappa shape index (κ2) is 14.2. The number of benzene rings is 2. The molecule has 2 amide bonds. The molecule has 1 aliphatic rings. The number of likely N-dealkylation sites (tertiary alicyclic amines) is 1. The van der Waals surface area contributed by atoms with Gasteiger partial charge in [-0.1, -0.05) is 51.1 Å². The zero-order valence-electron chi connectivity index (χ0n) is 29.1. The van der Waals surface area contributed by atoms with E-state index >= 15 is 0 Å². The Labute approximate surface area is 283 Å². The maximum absolute atomic E-state index is 14.2. The van der Waals surface area contributed by atoms with E-state index in [-0.39, 0.29) is 24.7 Å². The summed E-state index contributed by atoms with van der Waals surface area (Å²) >= 11 is 0. The van der Waals surface area contributed by atoms with Crippen molar-refractivity contribution >= 4 is 41.5 Å². The van der Waals surface area contributed by atoms with Gasteiger partial charge in [-0.15, -0.1) is 0 Å². The highest BCUT2D eigenvalue weighted by Crippen LogP contribution is 2.43. The summed E-state index contributed by atoms with van der Waals surface area (Å²) < 4.78 is 63.8. The normalized spacial score (nSPS) is 19.7. The maximum atomic E-state index is 14.2. The van der Waals surface area contributed by atoms with Gasteiger partial charge in [-0.05, 0) is 68.2 Å². The largest absolute Gasteiger partial charge is 0.445 e. The van der Waals surface area contributed by atoms with Crippen LogP contribution in [-0.2, 0) is 34.8 Å². The Morgan fingerprint density at radius 3 is 2.35 bits per heavy atom. The third-order valence-corrected chi connectivity index (χ3v) is 13.8. The van der Waals surface area contributed by atoms with Gasteiger partial charge in [0.25, 0.3) is 10.1 Å². The molecule has 0 saturated carbocycles. The van der Waals surface area contributed by atoms with E-state index in [2.05, 4.69) is 31.1 Å². The van der Waals surface area contributed by atoms with Crippen LogP contribution >= 0.6 is 0 Å². The maximum Gasteiger partial charge on any atom is 0.410 e. The molecule has 2 heterocycles. The van der Waals surface area contributed by atoms with Crippen molar-refractivity contribution in [2.75, 3.05) is 19.3 Å². The molecule has 0 aliphatic carbocycles. The van der Waals surface area contributed by atoms with E-state index in [9.17, 15) is 22.4 Å². The molecule has 4 rings (SSSR count). The second-order valence-corrected chi connectivity index (χ2v) is 21.1. The number of aromatic nitrogens is 1. The average molecular weight is 706 g/mol. The number of carbonyl (C=O) groups is 2. The smallest absolute Gasteiger partial charge is 0.410 e. The molecule has 4 unspecified atom stereocenters. The Bertz CT molecular complexity index is 1700. The van der Waals surface area contributed by atoms with Crippen LogP contribution in [-0.4, -0.2) is 82.0 Å². The molecule has 1 aromatic heterocycles. The number of halogens is 1. The molecule has 0 radical (unpaired) electrons. The van der Waals surface area contributed by atoms with Crippen molar-refractivity contribution in [3.63, 3.8) is 0 Å². The number of hydrogen-bond donors (Lipinski definition) is 2. The first-order valence-corrected chi connectivity index (χ1v) is 20.6. The van der Waals surface area contributed by atoms with Crippen LogP contribution in [0.1, 0.15) is 58.6 Å². The summed E-state index contributed by atoms with van der Waals surface area (Å²) in [4.78, 5) is 31.5. The van der Waals surface area contributed by atoms with Crippen molar-refractivity contribution in [2.24, 2.45) is 0 Å². The van der Waals surface area contributed by atoms with E-state index < -0.39 is 66.2 Å². The van der Waals surface area contributed by atoms with Gasteiger partial charge in [0.15, 0.2) is 8.32 Å². The molecule has 2 aromatic carbocycles. The number of hydrogen-bond acceptors (Lipinski definition) is 8. The van der Waals surface area contributed by atoms with Crippen LogP contribution in [0.4, 0.5) is 14.0 Å². The minimum Gasteiger partial charge on any atom is -0.445 e. The minimum absolute atomic E-state index is 0.0272. The van der Waals surface area contributed by atoms with Crippen molar-refractivity contribution in [2.45, 2.75) is 96.1 Å². The lowest BCUT2D eigenvalue weighted by molar-refractivity contribution is 0.0137. The first-order valence-electron chi connectivity index (χ1n) is 15.9. The first-order chi connectivity index (χ1) is 22.1. The molecule has 11 nitrogen and oxygen atoms in total. The van der Waals surface area contributed by atoms with Crippen LogP contribution in [0.25, 0.3) is 10.9 Å². The number of H-pyrrole nitrogens is 1. The van der Waals surface area contributed by atoms with Gasteiger partial charge in [0, 0.05) is 29.6 Å². The fourth-order valence-electron chi connectivity index (χ4n) is 5.57. The highest BCUT2D eigenvalue weighted by atomic mass is 32.2. The van der Waals surface area contributed by atoms with Crippen LogP contribution in [0.2, 0.25) is 18.1 Å². The molecular weight excluding hydrogens is 658 g/mol. The van der Waals surface area contributed by atoms with E-state index in [1.165, 1.54) is 17.0 Å². The van der Waals surface area contributed by atoms with Crippen molar-refractivity contribution in [3.05, 3.63) is 71.7 Å². The Morgan fingerprint density at radius 1 is 1.08 bits per heavy atom. The SMILES string of the molecule is CC(C)(C)OC(=O)N1CC(O[Si](C)(C)C(C)(C)C)C(OS(C)(=O)=O)C1C(CNC(=O)OCc1ccccc1)c1c[nH]c2cc(F)ccc12. The van der Waals surface area contributed by atoms with E-state index in [4.69, 9.17) is 18.1 Å². The fraction of sp³-hybridized carbons (Fsp3) is 0.529. The monoisotopic (exact) mass is 705 g/mol. The van der Waals surface area contributed by atoms with Gasteiger partial charge in [-0.3, -0.25) is 9.08 Å². The van der Waals surface area contributed by atoms with Crippen molar-refractivity contribution in [3.8, 4) is 0 Å².